The van der Waals surface area contributed by atoms with Gasteiger partial charge in [0.15, 0.2) is 5.65 Å². The lowest BCUT2D eigenvalue weighted by Crippen LogP contribution is -2.31. The van der Waals surface area contributed by atoms with Crippen LogP contribution in [0.4, 0.5) is 0 Å². The van der Waals surface area contributed by atoms with Crippen LogP contribution < -0.4 is 5.69 Å². The molecule has 0 N–H and O–H groups in total. The van der Waals surface area contributed by atoms with Crippen molar-refractivity contribution in [3.63, 3.8) is 0 Å². The Balaban J connectivity index is 2.10. The van der Waals surface area contributed by atoms with Crippen molar-refractivity contribution >= 4 is 11.2 Å². The van der Waals surface area contributed by atoms with Crippen molar-refractivity contribution in [2.75, 3.05) is 26.9 Å². The highest BCUT2D eigenvalue weighted by molar-refractivity contribution is 5.70. The normalized spacial score (nSPS) is 16.9. The molecule has 0 radical (unpaired) electrons. The van der Waals surface area contributed by atoms with Gasteiger partial charge in [0.1, 0.15) is 11.8 Å². The zero-order valence-corrected chi connectivity index (χ0v) is 11.5. The summed E-state index contributed by atoms with van der Waals surface area (Å²) in [6.07, 6.45) is 4.86. The Morgan fingerprint density at radius 2 is 2.25 bits per heavy atom. The van der Waals surface area contributed by atoms with E-state index < -0.39 is 0 Å². The molecule has 0 spiro atoms. The molecule has 0 aromatic carbocycles. The number of aromatic nitrogens is 4. The van der Waals surface area contributed by atoms with Gasteiger partial charge in [0.05, 0.1) is 19.3 Å². The predicted octanol–water partition coefficient (Wildman–Crippen LogP) is 0.591. The monoisotopic (exact) mass is 278 g/mol. The van der Waals surface area contributed by atoms with E-state index in [2.05, 4.69) is 9.97 Å². The molecule has 108 valence electrons. The second kappa shape index (κ2) is 5.72. The minimum absolute atomic E-state index is 0.0375. The molecule has 3 rings (SSSR count). The van der Waals surface area contributed by atoms with Crippen LogP contribution in [0.1, 0.15) is 18.9 Å². The number of nitrogens with zero attached hydrogens (tertiary/aromatic N) is 4. The first kappa shape index (κ1) is 13.3. The van der Waals surface area contributed by atoms with Crippen LogP contribution in [0.15, 0.2) is 17.3 Å². The van der Waals surface area contributed by atoms with Gasteiger partial charge in [0.2, 0.25) is 0 Å². The van der Waals surface area contributed by atoms with Crippen LogP contribution in [-0.4, -0.2) is 46.0 Å². The number of methoxy groups -OCH3 is 1. The van der Waals surface area contributed by atoms with Gasteiger partial charge in [-0.15, -0.1) is 0 Å². The fourth-order valence-electron chi connectivity index (χ4n) is 2.69. The van der Waals surface area contributed by atoms with E-state index in [9.17, 15) is 4.79 Å². The van der Waals surface area contributed by atoms with Gasteiger partial charge in [-0.1, -0.05) is 0 Å². The molecule has 20 heavy (non-hydrogen) atoms. The number of fused-ring (bicyclic) bond motifs is 1. The van der Waals surface area contributed by atoms with Crippen molar-refractivity contribution in [2.45, 2.75) is 25.4 Å². The molecule has 0 bridgehead atoms. The average Bonchev–Trinajstić information content (AvgIpc) is 2.78. The fraction of sp³-hybridized carbons (Fsp3) is 0.615. The second-order valence-corrected chi connectivity index (χ2v) is 4.87. The number of hydrogen-bond acceptors (Lipinski definition) is 5. The fourth-order valence-corrected chi connectivity index (χ4v) is 2.69. The third-order valence-electron chi connectivity index (χ3n) is 3.70. The Morgan fingerprint density at radius 3 is 3.00 bits per heavy atom. The van der Waals surface area contributed by atoms with Gasteiger partial charge in [0, 0.05) is 26.4 Å². The summed E-state index contributed by atoms with van der Waals surface area (Å²) in [6, 6.07) is 0.150. The summed E-state index contributed by atoms with van der Waals surface area (Å²) in [5.41, 5.74) is 1.43. The lowest BCUT2D eigenvalue weighted by Gasteiger charge is -2.22. The Labute approximate surface area is 116 Å². The maximum absolute atomic E-state index is 12.7. The lowest BCUT2D eigenvalue weighted by atomic mass is 10.1. The SMILES string of the molecule is COCCn1c(=O)n(C2CCOCC2)c2ncncc21. The van der Waals surface area contributed by atoms with Crippen LogP contribution in [0, 0.1) is 0 Å². The molecule has 3 heterocycles. The molecule has 7 nitrogen and oxygen atoms in total. The van der Waals surface area contributed by atoms with E-state index in [0.29, 0.717) is 32.0 Å². The third-order valence-corrected chi connectivity index (χ3v) is 3.70. The van der Waals surface area contributed by atoms with Gasteiger partial charge in [-0.3, -0.25) is 9.13 Å². The van der Waals surface area contributed by atoms with Gasteiger partial charge in [-0.05, 0) is 12.8 Å². The summed E-state index contributed by atoms with van der Waals surface area (Å²) in [5.74, 6) is 0. The van der Waals surface area contributed by atoms with Crippen molar-refractivity contribution in [3.05, 3.63) is 23.0 Å². The van der Waals surface area contributed by atoms with Crippen LogP contribution in [0.25, 0.3) is 11.2 Å². The van der Waals surface area contributed by atoms with E-state index in [1.807, 2.05) is 0 Å². The highest BCUT2D eigenvalue weighted by atomic mass is 16.5. The Kier molecular flexibility index (Phi) is 3.79. The lowest BCUT2D eigenvalue weighted by molar-refractivity contribution is 0.0693. The van der Waals surface area contributed by atoms with Crippen LogP contribution >= 0.6 is 0 Å². The molecular formula is C13H18N4O3. The summed E-state index contributed by atoms with van der Waals surface area (Å²) in [7, 11) is 1.62. The molecule has 0 atom stereocenters. The summed E-state index contributed by atoms with van der Waals surface area (Å²) in [4.78, 5) is 21.0. The molecule has 1 aliphatic heterocycles. The number of hydrogen-bond donors (Lipinski definition) is 0. The molecule has 1 fully saturated rings. The minimum atomic E-state index is -0.0375. The maximum atomic E-state index is 12.7. The first-order valence-corrected chi connectivity index (χ1v) is 6.80. The molecule has 7 heteroatoms. The molecule has 0 aliphatic carbocycles. The zero-order valence-electron chi connectivity index (χ0n) is 11.5. The third kappa shape index (κ3) is 2.23. The largest absolute Gasteiger partial charge is 0.383 e. The molecule has 1 aliphatic rings. The van der Waals surface area contributed by atoms with Crippen molar-refractivity contribution in [2.24, 2.45) is 0 Å². The van der Waals surface area contributed by atoms with E-state index in [1.165, 1.54) is 6.33 Å². The quantitative estimate of drug-likeness (QED) is 0.818. The van der Waals surface area contributed by atoms with Crippen molar-refractivity contribution in [3.8, 4) is 0 Å². The first-order chi connectivity index (χ1) is 9.83. The van der Waals surface area contributed by atoms with Crippen molar-refractivity contribution in [1.29, 1.82) is 0 Å². The van der Waals surface area contributed by atoms with Crippen molar-refractivity contribution in [1.82, 2.24) is 19.1 Å². The van der Waals surface area contributed by atoms with E-state index in [-0.39, 0.29) is 11.7 Å². The zero-order chi connectivity index (χ0) is 13.9. The molecule has 0 unspecified atom stereocenters. The van der Waals surface area contributed by atoms with Crippen molar-refractivity contribution < 1.29 is 9.47 Å². The van der Waals surface area contributed by atoms with Gasteiger partial charge < -0.3 is 9.47 Å². The summed E-state index contributed by atoms with van der Waals surface area (Å²) in [5, 5.41) is 0. The van der Waals surface area contributed by atoms with Crippen LogP contribution in [0.3, 0.4) is 0 Å². The van der Waals surface area contributed by atoms with Gasteiger partial charge in [-0.2, -0.15) is 0 Å². The van der Waals surface area contributed by atoms with Crippen LogP contribution in [0.5, 0.6) is 0 Å². The smallest absolute Gasteiger partial charge is 0.330 e. The van der Waals surface area contributed by atoms with E-state index in [4.69, 9.17) is 9.47 Å². The number of imidazole rings is 1. The van der Waals surface area contributed by atoms with E-state index >= 15 is 0 Å². The topological polar surface area (TPSA) is 71.2 Å². The summed E-state index contributed by atoms with van der Waals surface area (Å²) < 4.78 is 13.9. The average molecular weight is 278 g/mol. The molecule has 0 saturated carbocycles. The molecule has 2 aromatic heterocycles. The number of ether oxygens (including phenoxy) is 2. The maximum Gasteiger partial charge on any atom is 0.330 e. The molecule has 0 amide bonds. The Bertz CT molecular complexity index is 643. The van der Waals surface area contributed by atoms with Gasteiger partial charge in [-0.25, -0.2) is 14.8 Å². The first-order valence-electron chi connectivity index (χ1n) is 6.80. The predicted molar refractivity (Wildman–Crippen MR) is 72.8 cm³/mol. The van der Waals surface area contributed by atoms with Gasteiger partial charge >= 0.3 is 5.69 Å². The Morgan fingerprint density at radius 1 is 1.45 bits per heavy atom. The molecular weight excluding hydrogens is 260 g/mol. The minimum Gasteiger partial charge on any atom is -0.383 e. The highest BCUT2D eigenvalue weighted by Crippen LogP contribution is 2.23. The van der Waals surface area contributed by atoms with Gasteiger partial charge in [0.25, 0.3) is 0 Å². The standard InChI is InChI=1S/C13H18N4O3/c1-19-7-4-16-11-8-14-9-15-12(11)17(13(16)18)10-2-5-20-6-3-10/h8-10H,2-7H2,1H3. The molecule has 2 aromatic rings. The van der Waals surface area contributed by atoms with Crippen LogP contribution in [0.2, 0.25) is 0 Å². The second-order valence-electron chi connectivity index (χ2n) is 4.87. The summed E-state index contributed by atoms with van der Waals surface area (Å²) in [6.45, 7) is 2.37. The number of rotatable bonds is 4. The Hall–Kier alpha value is -1.73. The highest BCUT2D eigenvalue weighted by Gasteiger charge is 2.23. The van der Waals surface area contributed by atoms with E-state index in [0.717, 1.165) is 18.4 Å². The summed E-state index contributed by atoms with van der Waals surface area (Å²) >= 11 is 0. The molecule has 1 saturated heterocycles. The van der Waals surface area contributed by atoms with E-state index in [1.54, 1.807) is 22.4 Å². The van der Waals surface area contributed by atoms with Crippen LogP contribution in [-0.2, 0) is 16.0 Å².